The van der Waals surface area contributed by atoms with Gasteiger partial charge < -0.3 is 19.5 Å². The number of Topliss-reactive ketones (excluding diaryl/α,β-unsaturated/α-hetero) is 1. The van der Waals surface area contributed by atoms with Gasteiger partial charge in [-0.15, -0.1) is 11.3 Å². The monoisotopic (exact) mass is 574 g/mol. The molecule has 3 aromatic rings. The number of thiophene rings is 1. The number of amides is 1. The van der Waals surface area contributed by atoms with Crippen molar-refractivity contribution in [3.05, 3.63) is 70.1 Å². The van der Waals surface area contributed by atoms with Gasteiger partial charge in [-0.05, 0) is 56.7 Å². The molecule has 0 aliphatic heterocycles. The van der Waals surface area contributed by atoms with Crippen LogP contribution in [0.5, 0.6) is 5.75 Å². The summed E-state index contributed by atoms with van der Waals surface area (Å²) in [5, 5.41) is 2.57. The molecule has 11 nitrogen and oxygen atoms in total. The number of hydrogen-bond acceptors (Lipinski definition) is 10. The molecule has 1 heterocycles. The lowest BCUT2D eigenvalue weighted by Gasteiger charge is -2.12. The topological polar surface area (TPSA) is 154 Å². The summed E-state index contributed by atoms with van der Waals surface area (Å²) in [5.41, 5.74) is 0.525. The number of benzene rings is 2. The Morgan fingerprint density at radius 3 is 2.36 bits per heavy atom. The highest BCUT2D eigenvalue weighted by Gasteiger charge is 2.26. The molecule has 2 aromatic carbocycles. The Bertz CT molecular complexity index is 1530. The van der Waals surface area contributed by atoms with Gasteiger partial charge in [0.1, 0.15) is 10.8 Å². The van der Waals surface area contributed by atoms with Crippen molar-refractivity contribution in [3.8, 4) is 5.75 Å². The fourth-order valence-electron chi connectivity index (χ4n) is 3.49. The van der Waals surface area contributed by atoms with Gasteiger partial charge in [0.05, 0.1) is 40.3 Å². The number of para-hydroxylation sites is 2. The molecule has 0 saturated heterocycles. The predicted octanol–water partition coefficient (Wildman–Crippen LogP) is 4.04. The molecule has 0 fully saturated rings. The van der Waals surface area contributed by atoms with E-state index in [0.717, 1.165) is 17.4 Å². The molecule has 1 aromatic heterocycles. The first kappa shape index (κ1) is 29.3. The van der Waals surface area contributed by atoms with Gasteiger partial charge in [0, 0.05) is 0 Å². The zero-order valence-corrected chi connectivity index (χ0v) is 23.2. The van der Waals surface area contributed by atoms with Crippen molar-refractivity contribution in [1.82, 2.24) is 0 Å². The summed E-state index contributed by atoms with van der Waals surface area (Å²) >= 11 is 0.910. The quantitative estimate of drug-likeness (QED) is 0.255. The highest BCUT2D eigenvalue weighted by molar-refractivity contribution is 7.92. The van der Waals surface area contributed by atoms with Gasteiger partial charge in [-0.2, -0.15) is 0 Å². The zero-order valence-electron chi connectivity index (χ0n) is 21.5. The molecule has 0 aliphatic carbocycles. The van der Waals surface area contributed by atoms with E-state index in [-0.39, 0.29) is 44.0 Å². The molecule has 0 aliphatic rings. The van der Waals surface area contributed by atoms with Crippen LogP contribution in [0, 0.1) is 6.92 Å². The summed E-state index contributed by atoms with van der Waals surface area (Å²) in [5.74, 6) is -2.40. The van der Waals surface area contributed by atoms with E-state index in [1.54, 1.807) is 32.0 Å². The van der Waals surface area contributed by atoms with E-state index in [1.165, 1.54) is 38.3 Å². The molecular formula is C26H26N2O9S2. The molecule has 0 unspecified atom stereocenters. The van der Waals surface area contributed by atoms with Crippen molar-refractivity contribution in [2.75, 3.05) is 30.4 Å². The summed E-state index contributed by atoms with van der Waals surface area (Å²) < 4.78 is 43.4. The first-order chi connectivity index (χ1) is 18.5. The minimum absolute atomic E-state index is 0.0483. The highest BCUT2D eigenvalue weighted by Crippen LogP contribution is 2.34. The highest BCUT2D eigenvalue weighted by atomic mass is 32.2. The third-order valence-corrected chi connectivity index (χ3v) is 7.94. The first-order valence-corrected chi connectivity index (χ1v) is 13.8. The van der Waals surface area contributed by atoms with Gasteiger partial charge >= 0.3 is 11.9 Å². The van der Waals surface area contributed by atoms with Gasteiger partial charge in [-0.1, -0.05) is 18.2 Å². The van der Waals surface area contributed by atoms with E-state index in [0.29, 0.717) is 11.3 Å². The summed E-state index contributed by atoms with van der Waals surface area (Å²) in [6.07, 6.45) is 0. The Morgan fingerprint density at radius 2 is 1.69 bits per heavy atom. The maximum absolute atomic E-state index is 12.9. The minimum atomic E-state index is -4.09. The van der Waals surface area contributed by atoms with Crippen LogP contribution in [0.15, 0.2) is 53.4 Å². The minimum Gasteiger partial charge on any atom is -0.495 e. The van der Waals surface area contributed by atoms with Gasteiger partial charge in [-0.3, -0.25) is 14.3 Å². The molecule has 0 atom stereocenters. The number of esters is 2. The molecule has 0 radical (unpaired) electrons. The number of methoxy groups -OCH3 is 1. The Balaban J connectivity index is 1.71. The average Bonchev–Trinajstić information content (AvgIpc) is 3.23. The van der Waals surface area contributed by atoms with Crippen LogP contribution >= 0.6 is 11.3 Å². The SMILES string of the molecule is CCOC(=O)c1c(NC(=O)COC(=O)c2cccc(S(=O)(=O)Nc3ccccc3OC)c2)sc(C(C)=O)c1C. The molecule has 0 saturated carbocycles. The molecule has 0 spiro atoms. The van der Waals surface area contributed by atoms with Gasteiger partial charge in [0.25, 0.3) is 15.9 Å². The number of carbonyl (C=O) groups is 4. The molecule has 206 valence electrons. The molecule has 39 heavy (non-hydrogen) atoms. The first-order valence-electron chi connectivity index (χ1n) is 11.5. The van der Waals surface area contributed by atoms with E-state index in [4.69, 9.17) is 14.2 Å². The fourth-order valence-corrected chi connectivity index (χ4v) is 5.71. The fraction of sp³-hybridized carbons (Fsp3) is 0.231. The van der Waals surface area contributed by atoms with E-state index < -0.39 is 34.5 Å². The number of ketones is 1. The third kappa shape index (κ3) is 7.00. The third-order valence-electron chi connectivity index (χ3n) is 5.26. The number of ether oxygens (including phenoxy) is 3. The summed E-state index contributed by atoms with van der Waals surface area (Å²) in [6, 6.07) is 11.5. The van der Waals surface area contributed by atoms with Gasteiger partial charge in [-0.25, -0.2) is 18.0 Å². The van der Waals surface area contributed by atoms with Crippen molar-refractivity contribution < 1.29 is 41.8 Å². The molecule has 1 amide bonds. The second kappa shape index (κ2) is 12.5. The van der Waals surface area contributed by atoms with Crippen molar-refractivity contribution in [2.45, 2.75) is 25.7 Å². The van der Waals surface area contributed by atoms with E-state index in [1.807, 2.05) is 0 Å². The molecule has 13 heteroatoms. The largest absolute Gasteiger partial charge is 0.495 e. The molecular weight excluding hydrogens is 548 g/mol. The molecule has 2 N–H and O–H groups in total. The van der Waals surface area contributed by atoms with Crippen LogP contribution in [0.4, 0.5) is 10.7 Å². The lowest BCUT2D eigenvalue weighted by Crippen LogP contribution is -2.22. The second-order valence-corrected chi connectivity index (χ2v) is 10.7. The lowest BCUT2D eigenvalue weighted by atomic mass is 10.1. The number of sulfonamides is 1. The second-order valence-electron chi connectivity index (χ2n) is 7.99. The molecule has 3 rings (SSSR count). The summed E-state index contributed by atoms with van der Waals surface area (Å²) in [6.45, 7) is 3.89. The van der Waals surface area contributed by atoms with Crippen molar-refractivity contribution in [3.63, 3.8) is 0 Å². The Morgan fingerprint density at radius 1 is 0.974 bits per heavy atom. The van der Waals surface area contributed by atoms with Gasteiger partial charge in [0.2, 0.25) is 0 Å². The van der Waals surface area contributed by atoms with Crippen LogP contribution in [0.2, 0.25) is 0 Å². The maximum Gasteiger partial charge on any atom is 0.341 e. The number of carbonyl (C=O) groups excluding carboxylic acids is 4. The Hall–Kier alpha value is -4.23. The number of anilines is 2. The van der Waals surface area contributed by atoms with Crippen molar-refractivity contribution in [1.29, 1.82) is 0 Å². The van der Waals surface area contributed by atoms with E-state index >= 15 is 0 Å². The summed E-state index contributed by atoms with van der Waals surface area (Å²) in [4.78, 5) is 49.5. The van der Waals surface area contributed by atoms with Crippen LogP contribution in [0.25, 0.3) is 0 Å². The number of hydrogen-bond donors (Lipinski definition) is 2. The Labute approximate surface area is 229 Å². The standard InChI is InChI=1S/C26H26N2O9S2/c1-5-36-26(32)22-15(2)23(16(3)29)38-24(22)27-21(30)14-37-25(31)17-9-8-10-18(13-17)39(33,34)28-19-11-6-7-12-20(19)35-4/h6-13,28H,5,14H2,1-4H3,(H,27,30). The predicted molar refractivity (Wildman–Crippen MR) is 144 cm³/mol. The maximum atomic E-state index is 12.9. The van der Waals surface area contributed by atoms with Crippen LogP contribution in [-0.4, -0.2) is 52.4 Å². The van der Waals surface area contributed by atoms with Crippen LogP contribution in [-0.2, 0) is 24.3 Å². The van der Waals surface area contributed by atoms with E-state index in [9.17, 15) is 27.6 Å². The number of rotatable bonds is 11. The van der Waals surface area contributed by atoms with Gasteiger partial charge in [0.15, 0.2) is 12.4 Å². The van der Waals surface area contributed by atoms with Crippen LogP contribution < -0.4 is 14.8 Å². The van der Waals surface area contributed by atoms with Crippen LogP contribution in [0.3, 0.4) is 0 Å². The van der Waals surface area contributed by atoms with Crippen molar-refractivity contribution in [2.24, 2.45) is 0 Å². The van der Waals surface area contributed by atoms with E-state index in [2.05, 4.69) is 10.0 Å². The molecule has 0 bridgehead atoms. The van der Waals surface area contributed by atoms with Crippen molar-refractivity contribution >= 4 is 55.7 Å². The smallest absolute Gasteiger partial charge is 0.341 e. The zero-order chi connectivity index (χ0) is 28.7. The normalized spacial score (nSPS) is 10.9. The van der Waals surface area contributed by atoms with Crippen LogP contribution in [0.1, 0.15) is 49.8 Å². The number of nitrogens with one attached hydrogen (secondary N) is 2. The average molecular weight is 575 g/mol. The Kier molecular flexibility index (Phi) is 9.43. The lowest BCUT2D eigenvalue weighted by molar-refractivity contribution is -0.119. The summed E-state index contributed by atoms with van der Waals surface area (Å²) in [7, 11) is -2.69.